The maximum absolute atomic E-state index is 12.5. The predicted octanol–water partition coefficient (Wildman–Crippen LogP) is 1.53. The first-order valence-corrected chi connectivity index (χ1v) is 7.19. The number of esters is 2. The van der Waals surface area contributed by atoms with Crippen LogP contribution in [-0.4, -0.2) is 46.6 Å². The summed E-state index contributed by atoms with van der Waals surface area (Å²) in [5.74, 6) is -3.76. The van der Waals surface area contributed by atoms with Crippen molar-refractivity contribution in [2.75, 3.05) is 13.2 Å². The van der Waals surface area contributed by atoms with E-state index in [2.05, 4.69) is 14.5 Å². The molecule has 0 bridgehead atoms. The molecule has 1 rings (SSSR count). The number of pyridine rings is 1. The first kappa shape index (κ1) is 20.6. The Bertz CT molecular complexity index is 624. The molecule has 25 heavy (non-hydrogen) atoms. The molecule has 7 nitrogen and oxygen atoms in total. The normalized spacial score (nSPS) is 11.8. The van der Waals surface area contributed by atoms with Crippen molar-refractivity contribution in [1.82, 2.24) is 4.98 Å². The van der Waals surface area contributed by atoms with Gasteiger partial charge in [0.05, 0.1) is 19.6 Å². The van der Waals surface area contributed by atoms with Crippen LogP contribution < -0.4 is 0 Å². The number of nitrogens with zero attached hydrogens (tertiary/aromatic N) is 1. The first-order chi connectivity index (χ1) is 11.6. The van der Waals surface area contributed by atoms with Crippen molar-refractivity contribution in [1.29, 1.82) is 0 Å². The summed E-state index contributed by atoms with van der Waals surface area (Å²) in [7, 11) is 0. The van der Waals surface area contributed by atoms with E-state index in [0.29, 0.717) is 12.3 Å². The van der Waals surface area contributed by atoms with E-state index in [4.69, 9.17) is 0 Å². The zero-order valence-electron chi connectivity index (χ0n) is 13.4. The summed E-state index contributed by atoms with van der Waals surface area (Å²) < 4.78 is 46.5. The third kappa shape index (κ3) is 4.99. The number of hydrogen-bond acceptors (Lipinski definition) is 7. The summed E-state index contributed by atoms with van der Waals surface area (Å²) in [5, 5.41) is 10.3. The Labute approximate surface area is 140 Å². The largest absolute Gasteiger partial charge is 0.463 e. The molecule has 0 amide bonds. The van der Waals surface area contributed by atoms with Crippen molar-refractivity contribution in [3.8, 4) is 0 Å². The molecule has 0 unspecified atom stereocenters. The van der Waals surface area contributed by atoms with E-state index in [1.807, 2.05) is 0 Å². The van der Waals surface area contributed by atoms with Crippen molar-refractivity contribution in [2.24, 2.45) is 0 Å². The van der Waals surface area contributed by atoms with E-state index in [-0.39, 0.29) is 18.8 Å². The number of ketones is 1. The zero-order valence-corrected chi connectivity index (χ0v) is 13.4. The number of ether oxygens (including phenoxy) is 2. The number of Topliss-reactive ketones (excluding diaryl/α,β-unsaturated/α-hetero) is 1. The Hall–Kier alpha value is -2.49. The molecule has 0 aromatic carbocycles. The lowest BCUT2D eigenvalue weighted by Gasteiger charge is -2.22. The zero-order chi connectivity index (χ0) is 19.3. The second-order valence-corrected chi connectivity index (χ2v) is 4.83. The highest BCUT2D eigenvalue weighted by molar-refractivity contribution is 6.09. The van der Waals surface area contributed by atoms with E-state index >= 15 is 0 Å². The number of carbonyl (C=O) groups is 3. The number of rotatable bonds is 7. The average Bonchev–Trinajstić information content (AvgIpc) is 2.54. The Kier molecular flexibility index (Phi) is 6.63. The van der Waals surface area contributed by atoms with Crippen molar-refractivity contribution in [3.05, 3.63) is 29.6 Å². The summed E-state index contributed by atoms with van der Waals surface area (Å²) in [6.07, 6.45) is -5.10. The highest BCUT2D eigenvalue weighted by atomic mass is 19.4. The lowest BCUT2D eigenvalue weighted by molar-refractivity contribution is -0.182. The molecule has 0 saturated heterocycles. The van der Waals surface area contributed by atoms with Crippen molar-refractivity contribution in [3.63, 3.8) is 0 Å². The van der Waals surface area contributed by atoms with Gasteiger partial charge in [0.25, 0.3) is 5.60 Å². The van der Waals surface area contributed by atoms with Gasteiger partial charge in [-0.2, -0.15) is 13.2 Å². The van der Waals surface area contributed by atoms with Crippen LogP contribution in [0.3, 0.4) is 0 Å². The molecular formula is C15H16F3NO6. The molecular weight excluding hydrogens is 347 g/mol. The molecule has 0 aliphatic heterocycles. The second kappa shape index (κ2) is 8.06. The van der Waals surface area contributed by atoms with Gasteiger partial charge in [-0.1, -0.05) is 0 Å². The van der Waals surface area contributed by atoms with Gasteiger partial charge in [-0.15, -0.1) is 0 Å². The monoisotopic (exact) mass is 363 g/mol. The highest BCUT2D eigenvalue weighted by Crippen LogP contribution is 2.27. The van der Waals surface area contributed by atoms with E-state index in [1.54, 1.807) is 0 Å². The molecule has 0 radical (unpaired) electrons. The van der Waals surface area contributed by atoms with Gasteiger partial charge in [-0.25, -0.2) is 9.59 Å². The predicted molar refractivity (Wildman–Crippen MR) is 76.4 cm³/mol. The molecule has 0 aliphatic rings. The van der Waals surface area contributed by atoms with E-state index in [0.717, 1.165) is 6.07 Å². The third-order valence-electron chi connectivity index (χ3n) is 3.02. The molecule has 1 N–H and O–H groups in total. The summed E-state index contributed by atoms with van der Waals surface area (Å²) in [4.78, 5) is 38.9. The summed E-state index contributed by atoms with van der Waals surface area (Å²) in [6, 6.07) is 1.40. The minimum Gasteiger partial charge on any atom is -0.463 e. The molecule has 138 valence electrons. The molecule has 1 heterocycles. The lowest BCUT2D eigenvalue weighted by atomic mass is 9.94. The van der Waals surface area contributed by atoms with Crippen LogP contribution in [0.25, 0.3) is 0 Å². The molecule has 1 aromatic heterocycles. The quantitative estimate of drug-likeness (QED) is 0.445. The van der Waals surface area contributed by atoms with Gasteiger partial charge in [-0.3, -0.25) is 9.78 Å². The summed E-state index contributed by atoms with van der Waals surface area (Å²) in [5.41, 5.74) is -4.43. The highest BCUT2D eigenvalue weighted by Gasteiger charge is 2.49. The first-order valence-electron chi connectivity index (χ1n) is 7.19. The number of alkyl halides is 3. The molecule has 0 fully saturated rings. The minimum atomic E-state index is -4.68. The number of aliphatic hydroxyl groups is 1. The maximum Gasteiger partial charge on any atom is 0.433 e. The van der Waals surface area contributed by atoms with Crippen LogP contribution in [0.4, 0.5) is 13.2 Å². The van der Waals surface area contributed by atoms with Gasteiger partial charge >= 0.3 is 18.1 Å². The SMILES string of the molecule is CCOC(=O)C(O)(CC(=O)c1ccc(C(F)(F)F)nc1)C(=O)OCC. The van der Waals surface area contributed by atoms with Crippen molar-refractivity contribution in [2.45, 2.75) is 32.0 Å². The Balaban J connectivity index is 3.05. The molecule has 10 heteroatoms. The van der Waals surface area contributed by atoms with Crippen molar-refractivity contribution >= 4 is 17.7 Å². The standard InChI is InChI=1S/C15H16F3NO6/c1-3-24-12(21)14(23,13(22)25-4-2)7-10(20)9-5-6-11(19-8-9)15(16,17)18/h5-6,8,23H,3-4,7H2,1-2H3. The van der Waals surface area contributed by atoms with E-state index in [1.165, 1.54) is 13.8 Å². The van der Waals surface area contributed by atoms with E-state index < -0.39 is 41.6 Å². The number of carbonyl (C=O) groups excluding carboxylic acids is 3. The molecule has 0 spiro atoms. The van der Waals surface area contributed by atoms with Gasteiger partial charge in [0.2, 0.25) is 0 Å². The molecule has 0 saturated carbocycles. The fourth-order valence-electron chi connectivity index (χ4n) is 1.79. The van der Waals surface area contributed by atoms with Gasteiger partial charge in [-0.05, 0) is 26.0 Å². The Morgan fingerprint density at radius 3 is 1.96 bits per heavy atom. The molecule has 0 atom stereocenters. The second-order valence-electron chi connectivity index (χ2n) is 4.83. The van der Waals surface area contributed by atoms with Crippen LogP contribution in [-0.2, 0) is 25.2 Å². The Morgan fingerprint density at radius 2 is 1.60 bits per heavy atom. The number of hydrogen-bond donors (Lipinski definition) is 1. The van der Waals surface area contributed by atoms with Crippen LogP contribution in [0, 0.1) is 0 Å². The summed E-state index contributed by atoms with van der Waals surface area (Å²) in [6.45, 7) is 2.50. The topological polar surface area (TPSA) is 103 Å². The molecule has 1 aromatic rings. The van der Waals surface area contributed by atoms with Gasteiger partial charge < -0.3 is 14.6 Å². The van der Waals surface area contributed by atoms with Gasteiger partial charge in [0.15, 0.2) is 5.78 Å². The fourth-order valence-corrected chi connectivity index (χ4v) is 1.79. The number of halogens is 3. The third-order valence-corrected chi connectivity index (χ3v) is 3.02. The van der Waals surface area contributed by atoms with Crippen LogP contribution in [0.15, 0.2) is 18.3 Å². The van der Waals surface area contributed by atoms with Crippen LogP contribution in [0.5, 0.6) is 0 Å². The smallest absolute Gasteiger partial charge is 0.433 e. The Morgan fingerprint density at radius 1 is 1.08 bits per heavy atom. The minimum absolute atomic E-state index is 0.170. The van der Waals surface area contributed by atoms with Crippen LogP contribution in [0.2, 0.25) is 0 Å². The van der Waals surface area contributed by atoms with E-state index in [9.17, 15) is 32.7 Å². The fraction of sp³-hybridized carbons (Fsp3) is 0.467. The van der Waals surface area contributed by atoms with Crippen molar-refractivity contribution < 1.29 is 42.1 Å². The lowest BCUT2D eigenvalue weighted by Crippen LogP contribution is -2.50. The number of aromatic nitrogens is 1. The van der Waals surface area contributed by atoms with Gasteiger partial charge in [0, 0.05) is 11.8 Å². The average molecular weight is 363 g/mol. The van der Waals surface area contributed by atoms with Gasteiger partial charge in [0.1, 0.15) is 5.69 Å². The van der Waals surface area contributed by atoms with Crippen LogP contribution >= 0.6 is 0 Å². The van der Waals surface area contributed by atoms with Crippen LogP contribution in [0.1, 0.15) is 36.3 Å². The summed E-state index contributed by atoms with van der Waals surface area (Å²) >= 11 is 0. The maximum atomic E-state index is 12.5. The molecule has 0 aliphatic carbocycles.